The summed E-state index contributed by atoms with van der Waals surface area (Å²) >= 11 is 8.12. The number of para-hydroxylation sites is 2. The van der Waals surface area contributed by atoms with E-state index < -0.39 is 0 Å². The molecule has 2 aromatic carbocycles. The lowest BCUT2D eigenvalue weighted by atomic mass is 10.3. The number of amides is 1. The van der Waals surface area contributed by atoms with Crippen LogP contribution in [0.4, 0.5) is 16.5 Å². The van der Waals surface area contributed by atoms with E-state index in [4.69, 9.17) is 21.7 Å². The van der Waals surface area contributed by atoms with Crippen LogP contribution in [0.25, 0.3) is 0 Å². The van der Waals surface area contributed by atoms with Crippen molar-refractivity contribution in [1.29, 1.82) is 0 Å². The minimum absolute atomic E-state index is 0.0814. The van der Waals surface area contributed by atoms with E-state index in [-0.39, 0.29) is 23.5 Å². The molecule has 3 rings (SSSR count). The number of esters is 1. The van der Waals surface area contributed by atoms with E-state index in [1.807, 2.05) is 55.5 Å². The lowest BCUT2D eigenvalue weighted by Gasteiger charge is -2.14. The minimum Gasteiger partial charge on any atom is -0.495 e. The third kappa shape index (κ3) is 8.23. The van der Waals surface area contributed by atoms with E-state index in [0.29, 0.717) is 28.3 Å². The van der Waals surface area contributed by atoms with Gasteiger partial charge in [0.1, 0.15) is 5.75 Å². The van der Waals surface area contributed by atoms with Crippen LogP contribution in [0.2, 0.25) is 0 Å². The summed E-state index contributed by atoms with van der Waals surface area (Å²) in [5, 5.41) is 11.3. The van der Waals surface area contributed by atoms with Gasteiger partial charge in [-0.25, -0.2) is 4.98 Å². The number of nitrogens with zero attached hydrogens (tertiary/aromatic N) is 1. The fraction of sp³-hybridized carbons (Fsp3) is 0.250. The van der Waals surface area contributed by atoms with Gasteiger partial charge in [0.05, 0.1) is 36.8 Å². The van der Waals surface area contributed by atoms with E-state index in [2.05, 4.69) is 20.9 Å². The summed E-state index contributed by atoms with van der Waals surface area (Å²) in [5.41, 5.74) is 2.12. The number of ether oxygens (including phenoxy) is 2. The van der Waals surface area contributed by atoms with Crippen molar-refractivity contribution in [1.82, 2.24) is 4.98 Å². The van der Waals surface area contributed by atoms with Crippen LogP contribution in [0.5, 0.6) is 5.75 Å². The summed E-state index contributed by atoms with van der Waals surface area (Å²) in [6.45, 7) is 3.89. The van der Waals surface area contributed by atoms with E-state index >= 15 is 0 Å². The molecule has 0 saturated heterocycles. The Kier molecular flexibility index (Phi) is 9.88. The average Bonchev–Trinajstić information content (AvgIpc) is 3.26. The Bertz CT molecular complexity index is 1180. The molecule has 1 aromatic heterocycles. The number of nitrogens with one attached hydrogen (secondary N) is 3. The number of thiocarbonyl (C=S) groups is 1. The van der Waals surface area contributed by atoms with Gasteiger partial charge in [-0.05, 0) is 56.4 Å². The van der Waals surface area contributed by atoms with Gasteiger partial charge >= 0.3 is 5.97 Å². The lowest BCUT2D eigenvalue weighted by Crippen LogP contribution is -2.22. The van der Waals surface area contributed by atoms with Crippen molar-refractivity contribution >= 4 is 68.8 Å². The maximum absolute atomic E-state index is 12.7. The molecule has 1 amide bonds. The van der Waals surface area contributed by atoms with Crippen LogP contribution in [0.15, 0.2) is 58.8 Å². The standard InChI is InChI=1S/C24H26N4O4S3/c1-4-32-21(29)13-17-14-34-24(26-17)28-22(30)15(2)35-18-9-7-8-16(12-18)25-23(33)27-19-10-5-6-11-20(19)31-3/h5-12,14-15H,4,13H2,1-3H3,(H2,25,27,33)(H,26,28,30). The number of benzene rings is 2. The number of carbonyl (C=O) groups excluding carboxylic acids is 2. The highest BCUT2D eigenvalue weighted by molar-refractivity contribution is 8.00. The molecule has 3 aromatic rings. The van der Waals surface area contributed by atoms with Gasteiger partial charge in [0.2, 0.25) is 5.91 Å². The number of aromatic nitrogens is 1. The lowest BCUT2D eigenvalue weighted by molar-refractivity contribution is -0.142. The second kappa shape index (κ2) is 13.1. The largest absolute Gasteiger partial charge is 0.495 e. The first kappa shape index (κ1) is 26.5. The molecule has 1 atom stereocenters. The Hall–Kier alpha value is -3.15. The third-order valence-corrected chi connectivity index (χ3v) is 6.65. The molecule has 0 saturated carbocycles. The maximum Gasteiger partial charge on any atom is 0.311 e. The van der Waals surface area contributed by atoms with Gasteiger partial charge in [0.25, 0.3) is 0 Å². The molecule has 35 heavy (non-hydrogen) atoms. The number of hydrogen-bond donors (Lipinski definition) is 3. The predicted octanol–water partition coefficient (Wildman–Crippen LogP) is 5.19. The molecule has 0 aliphatic carbocycles. The van der Waals surface area contributed by atoms with Crippen LogP contribution in [-0.2, 0) is 20.7 Å². The first-order valence-corrected chi connectivity index (χ1v) is 12.9. The van der Waals surface area contributed by atoms with Gasteiger partial charge in [0.15, 0.2) is 10.2 Å². The highest BCUT2D eigenvalue weighted by atomic mass is 32.2. The molecule has 0 radical (unpaired) electrons. The summed E-state index contributed by atoms with van der Waals surface area (Å²) in [6, 6.07) is 15.1. The minimum atomic E-state index is -0.374. The van der Waals surface area contributed by atoms with E-state index in [1.165, 1.54) is 23.1 Å². The molecule has 3 N–H and O–H groups in total. The molecule has 184 valence electrons. The van der Waals surface area contributed by atoms with Crippen molar-refractivity contribution in [2.45, 2.75) is 30.4 Å². The number of hydrogen-bond acceptors (Lipinski definition) is 8. The van der Waals surface area contributed by atoms with Gasteiger partial charge < -0.3 is 25.4 Å². The predicted molar refractivity (Wildman–Crippen MR) is 146 cm³/mol. The van der Waals surface area contributed by atoms with Crippen molar-refractivity contribution in [3.8, 4) is 5.75 Å². The van der Waals surface area contributed by atoms with Crippen LogP contribution in [0, 0.1) is 0 Å². The summed E-state index contributed by atoms with van der Waals surface area (Å²) < 4.78 is 10.3. The van der Waals surface area contributed by atoms with Crippen molar-refractivity contribution in [2.75, 3.05) is 29.7 Å². The number of methoxy groups -OCH3 is 1. The molecule has 8 nitrogen and oxygen atoms in total. The van der Waals surface area contributed by atoms with E-state index in [0.717, 1.165) is 16.3 Å². The summed E-state index contributed by atoms with van der Waals surface area (Å²) in [5.74, 6) is 0.165. The van der Waals surface area contributed by atoms with Gasteiger partial charge in [0, 0.05) is 16.0 Å². The van der Waals surface area contributed by atoms with Gasteiger partial charge in [-0.1, -0.05) is 18.2 Å². The topological polar surface area (TPSA) is 102 Å². The Balaban J connectivity index is 1.54. The highest BCUT2D eigenvalue weighted by Gasteiger charge is 2.17. The number of thioether (sulfide) groups is 1. The fourth-order valence-electron chi connectivity index (χ4n) is 2.95. The first-order valence-electron chi connectivity index (χ1n) is 10.8. The van der Waals surface area contributed by atoms with Crippen LogP contribution in [-0.4, -0.2) is 40.9 Å². The second-order valence-electron chi connectivity index (χ2n) is 7.18. The number of thiazole rings is 1. The molecular weight excluding hydrogens is 504 g/mol. The Morgan fingerprint density at radius 1 is 1.14 bits per heavy atom. The Labute approximate surface area is 217 Å². The van der Waals surface area contributed by atoms with Crippen molar-refractivity contribution in [3.05, 3.63) is 59.6 Å². The van der Waals surface area contributed by atoms with Crippen LogP contribution in [0.1, 0.15) is 19.5 Å². The van der Waals surface area contributed by atoms with E-state index in [1.54, 1.807) is 19.4 Å². The molecule has 0 bridgehead atoms. The van der Waals surface area contributed by atoms with Gasteiger partial charge in [-0.2, -0.15) is 0 Å². The van der Waals surface area contributed by atoms with Crippen LogP contribution in [0.3, 0.4) is 0 Å². The van der Waals surface area contributed by atoms with Crippen molar-refractivity contribution in [3.63, 3.8) is 0 Å². The number of anilines is 3. The quantitative estimate of drug-likeness (QED) is 0.186. The zero-order valence-corrected chi connectivity index (χ0v) is 21.9. The number of carbonyl (C=O) groups is 2. The third-order valence-electron chi connectivity index (χ3n) is 4.54. The number of rotatable bonds is 10. The van der Waals surface area contributed by atoms with Gasteiger partial charge in [-0.3, -0.25) is 9.59 Å². The summed E-state index contributed by atoms with van der Waals surface area (Å²) in [6.07, 6.45) is 0.0814. The maximum atomic E-state index is 12.7. The fourth-order valence-corrected chi connectivity index (χ4v) is 4.82. The smallest absolute Gasteiger partial charge is 0.311 e. The molecule has 1 unspecified atom stereocenters. The summed E-state index contributed by atoms with van der Waals surface area (Å²) in [4.78, 5) is 29.5. The monoisotopic (exact) mass is 530 g/mol. The van der Waals surface area contributed by atoms with Gasteiger partial charge in [-0.15, -0.1) is 23.1 Å². The van der Waals surface area contributed by atoms with Crippen molar-refractivity contribution in [2.24, 2.45) is 0 Å². The Morgan fingerprint density at radius 3 is 2.71 bits per heavy atom. The van der Waals surface area contributed by atoms with Crippen LogP contribution >= 0.6 is 35.3 Å². The zero-order valence-electron chi connectivity index (χ0n) is 19.5. The molecule has 0 aliphatic heterocycles. The van der Waals surface area contributed by atoms with Crippen LogP contribution < -0.4 is 20.7 Å². The molecule has 1 heterocycles. The Morgan fingerprint density at radius 2 is 1.94 bits per heavy atom. The summed E-state index contributed by atoms with van der Waals surface area (Å²) in [7, 11) is 1.60. The molecule has 0 spiro atoms. The molecule has 0 fully saturated rings. The van der Waals surface area contributed by atoms with Crippen molar-refractivity contribution < 1.29 is 19.1 Å². The molecular formula is C24H26N4O4S3. The second-order valence-corrected chi connectivity index (χ2v) is 9.86. The van der Waals surface area contributed by atoms with E-state index in [9.17, 15) is 9.59 Å². The molecule has 0 aliphatic rings. The zero-order chi connectivity index (χ0) is 25.2. The average molecular weight is 531 g/mol. The highest BCUT2D eigenvalue weighted by Crippen LogP contribution is 2.28. The SMILES string of the molecule is CCOC(=O)Cc1csc(NC(=O)C(C)Sc2cccc(NC(=S)Nc3ccccc3OC)c2)n1. The first-order chi connectivity index (χ1) is 16.9. The normalized spacial score (nSPS) is 11.3. The molecule has 11 heteroatoms.